The molecule has 0 aliphatic rings. The second kappa shape index (κ2) is 6.21. The van der Waals surface area contributed by atoms with Gasteiger partial charge in [0.15, 0.2) is 0 Å². The fraction of sp³-hybridized carbons (Fsp3) is 0.214. The number of hydrogen-bond donors (Lipinski definition) is 1. The van der Waals surface area contributed by atoms with Gasteiger partial charge in [-0.05, 0) is 40.9 Å². The van der Waals surface area contributed by atoms with Gasteiger partial charge in [-0.2, -0.15) is 0 Å². The summed E-state index contributed by atoms with van der Waals surface area (Å²) in [5, 5.41) is 3.89. The first kappa shape index (κ1) is 13.4. The zero-order valence-electron chi connectivity index (χ0n) is 10.0. The molecule has 4 heteroatoms. The van der Waals surface area contributed by atoms with Crippen molar-refractivity contribution in [3.8, 4) is 0 Å². The van der Waals surface area contributed by atoms with Crippen LogP contribution in [0, 0.1) is 0 Å². The fourth-order valence-electron chi connectivity index (χ4n) is 1.80. The highest BCUT2D eigenvalue weighted by atomic mass is 79.9. The van der Waals surface area contributed by atoms with Gasteiger partial charge >= 0.3 is 0 Å². The third-order valence-corrected chi connectivity index (χ3v) is 3.73. The molecule has 94 valence electrons. The first-order valence-electron chi connectivity index (χ1n) is 5.76. The van der Waals surface area contributed by atoms with Crippen LogP contribution in [0.5, 0.6) is 0 Å². The van der Waals surface area contributed by atoms with E-state index in [0.29, 0.717) is 11.2 Å². The van der Waals surface area contributed by atoms with Crippen molar-refractivity contribution in [1.82, 2.24) is 4.98 Å². The van der Waals surface area contributed by atoms with Crippen LogP contribution >= 0.6 is 27.5 Å². The third kappa shape index (κ3) is 3.72. The lowest BCUT2D eigenvalue weighted by atomic mass is 10.1. The summed E-state index contributed by atoms with van der Waals surface area (Å²) in [6, 6.07) is 12.7. The van der Waals surface area contributed by atoms with Crippen LogP contribution in [-0.4, -0.2) is 11.0 Å². The molecule has 0 spiro atoms. The quantitative estimate of drug-likeness (QED) is 0.835. The second-order valence-electron chi connectivity index (χ2n) is 4.23. The summed E-state index contributed by atoms with van der Waals surface area (Å²) >= 11 is 9.23. The number of benzene rings is 1. The van der Waals surface area contributed by atoms with Crippen LogP contribution in [0.2, 0.25) is 5.15 Å². The Morgan fingerprint density at radius 3 is 2.72 bits per heavy atom. The van der Waals surface area contributed by atoms with E-state index in [-0.39, 0.29) is 0 Å². The fourth-order valence-corrected chi connectivity index (χ4v) is 2.26. The van der Waals surface area contributed by atoms with E-state index in [1.165, 1.54) is 5.56 Å². The van der Waals surface area contributed by atoms with E-state index >= 15 is 0 Å². The van der Waals surface area contributed by atoms with Crippen LogP contribution in [0.3, 0.4) is 0 Å². The van der Waals surface area contributed by atoms with E-state index in [4.69, 9.17) is 11.6 Å². The zero-order valence-corrected chi connectivity index (χ0v) is 12.4. The van der Waals surface area contributed by atoms with E-state index < -0.39 is 0 Å². The average Bonchev–Trinajstić information content (AvgIpc) is 2.35. The predicted octanol–water partition coefficient (Wildman–Crippen LogP) is 4.54. The van der Waals surface area contributed by atoms with Crippen molar-refractivity contribution in [2.24, 2.45) is 0 Å². The highest BCUT2D eigenvalue weighted by molar-refractivity contribution is 9.10. The Bertz CT molecular complexity index is 516. The summed E-state index contributed by atoms with van der Waals surface area (Å²) in [6.07, 6.45) is 2.72. The number of halogens is 2. The number of nitrogens with one attached hydrogen (secondary N) is 1. The number of nitrogens with zero attached hydrogens (tertiary/aromatic N) is 1. The molecular weight excluding hydrogens is 312 g/mol. The Morgan fingerprint density at radius 1 is 1.33 bits per heavy atom. The number of anilines is 1. The average molecular weight is 326 g/mol. The lowest BCUT2D eigenvalue weighted by Gasteiger charge is -2.15. The minimum Gasteiger partial charge on any atom is -0.381 e. The van der Waals surface area contributed by atoms with Gasteiger partial charge in [0, 0.05) is 6.04 Å². The molecule has 0 fully saturated rings. The Balaban J connectivity index is 1.99. The number of pyridine rings is 1. The standard InChI is InChI=1S/C14H14BrClN2/c1-10(7-11-5-3-2-4-6-11)18-12-8-13(15)14(16)17-9-12/h2-6,8-10,18H,7H2,1H3. The summed E-state index contributed by atoms with van der Waals surface area (Å²) in [6.45, 7) is 2.15. The number of aromatic nitrogens is 1. The molecule has 0 saturated heterocycles. The van der Waals surface area contributed by atoms with E-state index in [9.17, 15) is 0 Å². The first-order chi connectivity index (χ1) is 8.65. The molecule has 0 aliphatic carbocycles. The molecule has 1 aromatic carbocycles. The molecule has 2 nitrogen and oxygen atoms in total. The minimum absolute atomic E-state index is 0.335. The summed E-state index contributed by atoms with van der Waals surface area (Å²) < 4.78 is 0.807. The van der Waals surface area contributed by atoms with E-state index in [1.807, 2.05) is 12.1 Å². The van der Waals surface area contributed by atoms with Crippen molar-refractivity contribution in [3.63, 3.8) is 0 Å². The highest BCUT2D eigenvalue weighted by Crippen LogP contribution is 2.23. The Morgan fingerprint density at radius 2 is 2.06 bits per heavy atom. The van der Waals surface area contributed by atoms with Crippen molar-refractivity contribution in [3.05, 3.63) is 57.8 Å². The van der Waals surface area contributed by atoms with Gasteiger partial charge in [-0.25, -0.2) is 4.98 Å². The van der Waals surface area contributed by atoms with Gasteiger partial charge in [0.1, 0.15) is 5.15 Å². The van der Waals surface area contributed by atoms with Gasteiger partial charge in [-0.1, -0.05) is 41.9 Å². The topological polar surface area (TPSA) is 24.9 Å². The van der Waals surface area contributed by atoms with Gasteiger partial charge in [-0.15, -0.1) is 0 Å². The highest BCUT2D eigenvalue weighted by Gasteiger charge is 2.05. The van der Waals surface area contributed by atoms with Gasteiger partial charge in [0.2, 0.25) is 0 Å². The molecular formula is C14H14BrClN2. The lowest BCUT2D eigenvalue weighted by Crippen LogP contribution is -2.18. The number of rotatable bonds is 4. The summed E-state index contributed by atoms with van der Waals surface area (Å²) in [4.78, 5) is 4.09. The summed E-state index contributed by atoms with van der Waals surface area (Å²) in [7, 11) is 0. The molecule has 0 bridgehead atoms. The Hall–Kier alpha value is -1.06. The predicted molar refractivity (Wildman–Crippen MR) is 80.2 cm³/mol. The van der Waals surface area contributed by atoms with E-state index in [2.05, 4.69) is 57.4 Å². The molecule has 18 heavy (non-hydrogen) atoms. The van der Waals surface area contributed by atoms with E-state index in [0.717, 1.165) is 16.6 Å². The minimum atomic E-state index is 0.335. The van der Waals surface area contributed by atoms with Crippen molar-refractivity contribution in [2.45, 2.75) is 19.4 Å². The largest absolute Gasteiger partial charge is 0.381 e. The van der Waals surface area contributed by atoms with Crippen LogP contribution in [0.15, 0.2) is 47.1 Å². The first-order valence-corrected chi connectivity index (χ1v) is 6.94. The molecule has 1 unspecified atom stereocenters. The maximum Gasteiger partial charge on any atom is 0.143 e. The molecule has 1 atom stereocenters. The maximum atomic E-state index is 5.86. The Kier molecular flexibility index (Phi) is 4.61. The molecule has 0 amide bonds. The van der Waals surface area contributed by atoms with Crippen LogP contribution in [0.25, 0.3) is 0 Å². The number of hydrogen-bond acceptors (Lipinski definition) is 2. The normalized spacial score (nSPS) is 12.2. The maximum absolute atomic E-state index is 5.86. The SMILES string of the molecule is CC(Cc1ccccc1)Nc1cnc(Cl)c(Br)c1. The summed E-state index contributed by atoms with van der Waals surface area (Å²) in [5.74, 6) is 0. The molecule has 2 rings (SSSR count). The van der Waals surface area contributed by atoms with Crippen LogP contribution in [0.1, 0.15) is 12.5 Å². The zero-order chi connectivity index (χ0) is 13.0. The van der Waals surface area contributed by atoms with Crippen molar-refractivity contribution in [2.75, 3.05) is 5.32 Å². The molecule has 0 aliphatic heterocycles. The molecule has 1 heterocycles. The van der Waals surface area contributed by atoms with Gasteiger partial charge in [0.05, 0.1) is 16.4 Å². The van der Waals surface area contributed by atoms with Gasteiger partial charge in [-0.3, -0.25) is 0 Å². The van der Waals surface area contributed by atoms with Crippen LogP contribution < -0.4 is 5.32 Å². The van der Waals surface area contributed by atoms with Gasteiger partial charge in [0.25, 0.3) is 0 Å². The van der Waals surface area contributed by atoms with Crippen molar-refractivity contribution >= 4 is 33.2 Å². The molecule has 0 radical (unpaired) electrons. The second-order valence-corrected chi connectivity index (χ2v) is 5.44. The third-order valence-electron chi connectivity index (χ3n) is 2.59. The molecule has 1 N–H and O–H groups in total. The van der Waals surface area contributed by atoms with Crippen LogP contribution in [-0.2, 0) is 6.42 Å². The Labute approximate surface area is 121 Å². The van der Waals surface area contributed by atoms with Gasteiger partial charge < -0.3 is 5.32 Å². The summed E-state index contributed by atoms with van der Waals surface area (Å²) in [5.41, 5.74) is 2.29. The van der Waals surface area contributed by atoms with Crippen LogP contribution in [0.4, 0.5) is 5.69 Å². The smallest absolute Gasteiger partial charge is 0.143 e. The van der Waals surface area contributed by atoms with E-state index in [1.54, 1.807) is 6.20 Å². The lowest BCUT2D eigenvalue weighted by molar-refractivity contribution is 0.789. The van der Waals surface area contributed by atoms with Crippen molar-refractivity contribution < 1.29 is 0 Å². The van der Waals surface area contributed by atoms with Crippen molar-refractivity contribution in [1.29, 1.82) is 0 Å². The molecule has 1 aromatic heterocycles. The molecule has 2 aromatic rings. The molecule has 0 saturated carbocycles. The monoisotopic (exact) mass is 324 g/mol.